The van der Waals surface area contributed by atoms with Gasteiger partial charge in [0.15, 0.2) is 6.29 Å². The Morgan fingerprint density at radius 2 is 1.55 bits per heavy atom. The molecule has 0 saturated heterocycles. The van der Waals surface area contributed by atoms with Crippen LogP contribution in [0, 0.1) is 0 Å². The van der Waals surface area contributed by atoms with Crippen molar-refractivity contribution in [2.45, 2.75) is 0 Å². The summed E-state index contributed by atoms with van der Waals surface area (Å²) >= 11 is 0. The molecule has 3 nitrogen and oxygen atoms in total. The highest BCUT2D eigenvalue weighted by Gasteiger charge is 2.15. The lowest BCUT2D eigenvalue weighted by Crippen LogP contribution is -1.86. The van der Waals surface area contributed by atoms with Crippen molar-refractivity contribution < 1.29 is 14.3 Å². The van der Waals surface area contributed by atoms with Gasteiger partial charge in [-0.05, 0) is 12.1 Å². The molecule has 0 fully saturated rings. The highest BCUT2D eigenvalue weighted by molar-refractivity contribution is 6.10. The molecule has 0 aliphatic carbocycles. The highest BCUT2D eigenvalue weighted by Crippen LogP contribution is 2.39. The Hall–Kier alpha value is -3.07. The molecule has 1 heterocycles. The van der Waals surface area contributed by atoms with E-state index in [0.29, 0.717) is 17.4 Å². The van der Waals surface area contributed by atoms with Gasteiger partial charge in [-0.3, -0.25) is 4.79 Å². The normalized spacial score (nSPS) is 11.1. The zero-order valence-corrected chi connectivity index (χ0v) is 11.6. The molecule has 0 atom stereocenters. The number of fused-ring (bicyclic) bond motifs is 3. The molecule has 4 rings (SSSR count). The van der Waals surface area contributed by atoms with Crippen LogP contribution in [0.4, 0.5) is 0 Å². The van der Waals surface area contributed by atoms with Crippen LogP contribution >= 0.6 is 0 Å². The van der Waals surface area contributed by atoms with Gasteiger partial charge in [0, 0.05) is 21.9 Å². The summed E-state index contributed by atoms with van der Waals surface area (Å²) in [4.78, 5) is 11.0. The summed E-state index contributed by atoms with van der Waals surface area (Å²) in [5, 5.41) is 12.3. The maximum atomic E-state index is 11.0. The Morgan fingerprint density at radius 1 is 0.818 bits per heavy atom. The fourth-order valence-electron chi connectivity index (χ4n) is 2.83. The second-order valence-electron chi connectivity index (χ2n) is 5.14. The minimum Gasteiger partial charge on any atom is -0.507 e. The molecular formula is C19H12O3. The summed E-state index contributed by atoms with van der Waals surface area (Å²) in [6.45, 7) is 0. The molecule has 1 aromatic heterocycles. The van der Waals surface area contributed by atoms with Crippen LogP contribution in [-0.4, -0.2) is 11.4 Å². The van der Waals surface area contributed by atoms with Gasteiger partial charge in [0.25, 0.3) is 0 Å². The lowest BCUT2D eigenvalue weighted by molar-refractivity contribution is 0.112. The quantitative estimate of drug-likeness (QED) is 0.540. The number of rotatable bonds is 2. The summed E-state index contributed by atoms with van der Waals surface area (Å²) in [6.07, 6.45) is 0.650. The zero-order valence-electron chi connectivity index (χ0n) is 11.6. The van der Waals surface area contributed by atoms with Gasteiger partial charge in [-0.25, -0.2) is 0 Å². The van der Waals surface area contributed by atoms with E-state index in [-0.39, 0.29) is 11.3 Å². The molecule has 22 heavy (non-hydrogen) atoms. The Balaban J connectivity index is 2.10. The minimum absolute atomic E-state index is 0.0227. The third kappa shape index (κ3) is 1.72. The number of para-hydroxylation sites is 3. The van der Waals surface area contributed by atoms with Gasteiger partial charge in [-0.1, -0.05) is 48.5 Å². The summed E-state index contributed by atoms with van der Waals surface area (Å²) < 4.78 is 5.97. The van der Waals surface area contributed by atoms with Gasteiger partial charge in [0.1, 0.15) is 16.9 Å². The summed E-state index contributed by atoms with van der Waals surface area (Å²) in [5.74, 6) is -0.0227. The Morgan fingerprint density at radius 3 is 2.41 bits per heavy atom. The van der Waals surface area contributed by atoms with Crippen molar-refractivity contribution >= 4 is 28.2 Å². The molecule has 4 aromatic rings. The van der Waals surface area contributed by atoms with E-state index in [9.17, 15) is 9.90 Å². The van der Waals surface area contributed by atoms with E-state index in [1.807, 2.05) is 42.5 Å². The highest BCUT2D eigenvalue weighted by atomic mass is 16.3. The molecule has 1 N–H and O–H groups in total. The van der Waals surface area contributed by atoms with Crippen LogP contribution in [-0.2, 0) is 0 Å². The molecule has 106 valence electrons. The SMILES string of the molecule is O=Cc1cccc(-c2cccc3c2oc2ccccc23)c1O. The fraction of sp³-hybridized carbons (Fsp3) is 0. The number of phenolic OH excluding ortho intramolecular Hbond substituents is 1. The van der Waals surface area contributed by atoms with Crippen LogP contribution < -0.4 is 0 Å². The number of hydrogen-bond donors (Lipinski definition) is 1. The maximum absolute atomic E-state index is 11.0. The number of aromatic hydroxyl groups is 1. The van der Waals surface area contributed by atoms with Crippen LogP contribution in [0.3, 0.4) is 0 Å². The number of benzene rings is 3. The predicted molar refractivity (Wildman–Crippen MR) is 86.2 cm³/mol. The molecule has 0 spiro atoms. The Bertz CT molecular complexity index is 1010. The second-order valence-corrected chi connectivity index (χ2v) is 5.14. The van der Waals surface area contributed by atoms with Crippen LogP contribution in [0.5, 0.6) is 5.75 Å². The predicted octanol–water partition coefficient (Wildman–Crippen LogP) is 4.77. The van der Waals surface area contributed by atoms with Crippen molar-refractivity contribution in [2.75, 3.05) is 0 Å². The first-order valence-electron chi connectivity index (χ1n) is 6.97. The van der Waals surface area contributed by atoms with Crippen molar-refractivity contribution in [2.24, 2.45) is 0 Å². The van der Waals surface area contributed by atoms with Crippen LogP contribution in [0.25, 0.3) is 33.1 Å². The van der Waals surface area contributed by atoms with E-state index in [1.54, 1.807) is 18.2 Å². The lowest BCUT2D eigenvalue weighted by atomic mass is 9.99. The van der Waals surface area contributed by atoms with E-state index in [1.165, 1.54) is 0 Å². The van der Waals surface area contributed by atoms with Crippen molar-refractivity contribution in [3.05, 3.63) is 66.2 Å². The first kappa shape index (κ1) is 12.7. The van der Waals surface area contributed by atoms with Crippen molar-refractivity contribution in [1.29, 1.82) is 0 Å². The average molecular weight is 288 g/mol. The average Bonchev–Trinajstić information content (AvgIpc) is 2.94. The van der Waals surface area contributed by atoms with Gasteiger partial charge in [0.2, 0.25) is 0 Å². The van der Waals surface area contributed by atoms with Crippen molar-refractivity contribution in [3.63, 3.8) is 0 Å². The maximum Gasteiger partial charge on any atom is 0.153 e. The minimum atomic E-state index is -0.0227. The third-order valence-corrected chi connectivity index (χ3v) is 3.89. The largest absolute Gasteiger partial charge is 0.507 e. The smallest absolute Gasteiger partial charge is 0.153 e. The molecule has 0 saturated carbocycles. The van der Waals surface area contributed by atoms with Crippen LogP contribution in [0.2, 0.25) is 0 Å². The Kier molecular flexibility index (Phi) is 2.73. The number of hydrogen-bond acceptors (Lipinski definition) is 3. The molecule has 0 unspecified atom stereocenters. The molecule has 0 amide bonds. The number of phenols is 1. The number of carbonyl (C=O) groups excluding carboxylic acids is 1. The fourth-order valence-corrected chi connectivity index (χ4v) is 2.83. The van der Waals surface area contributed by atoms with Gasteiger partial charge >= 0.3 is 0 Å². The van der Waals surface area contributed by atoms with E-state index < -0.39 is 0 Å². The monoisotopic (exact) mass is 288 g/mol. The van der Waals surface area contributed by atoms with E-state index in [0.717, 1.165) is 21.9 Å². The lowest BCUT2D eigenvalue weighted by Gasteiger charge is -2.07. The van der Waals surface area contributed by atoms with Crippen molar-refractivity contribution in [1.82, 2.24) is 0 Å². The summed E-state index contributed by atoms with van der Waals surface area (Å²) in [7, 11) is 0. The molecule has 0 aliphatic heterocycles. The zero-order chi connectivity index (χ0) is 15.1. The molecular weight excluding hydrogens is 276 g/mol. The third-order valence-electron chi connectivity index (χ3n) is 3.89. The van der Waals surface area contributed by atoms with Gasteiger partial charge in [0.05, 0.1) is 5.56 Å². The van der Waals surface area contributed by atoms with E-state index >= 15 is 0 Å². The van der Waals surface area contributed by atoms with E-state index in [4.69, 9.17) is 4.42 Å². The number of aldehydes is 1. The standard InChI is InChI=1S/C19H12O3/c20-11-12-5-3-7-14(18(12)21)16-9-4-8-15-13-6-1-2-10-17(13)22-19(15)16/h1-11,21H. The number of furan rings is 1. The van der Waals surface area contributed by atoms with Gasteiger partial charge in [-0.15, -0.1) is 0 Å². The van der Waals surface area contributed by atoms with Gasteiger partial charge in [-0.2, -0.15) is 0 Å². The molecule has 3 heteroatoms. The van der Waals surface area contributed by atoms with Gasteiger partial charge < -0.3 is 9.52 Å². The Labute approximate surface area is 126 Å². The number of carbonyl (C=O) groups is 1. The molecule has 3 aromatic carbocycles. The molecule has 0 bridgehead atoms. The first-order valence-corrected chi connectivity index (χ1v) is 6.97. The van der Waals surface area contributed by atoms with Crippen LogP contribution in [0.15, 0.2) is 65.1 Å². The second kappa shape index (κ2) is 4.74. The molecule has 0 radical (unpaired) electrons. The summed E-state index contributed by atoms with van der Waals surface area (Å²) in [6, 6.07) is 18.7. The summed E-state index contributed by atoms with van der Waals surface area (Å²) in [5.41, 5.74) is 3.15. The van der Waals surface area contributed by atoms with Crippen LogP contribution in [0.1, 0.15) is 10.4 Å². The van der Waals surface area contributed by atoms with Crippen molar-refractivity contribution in [3.8, 4) is 16.9 Å². The topological polar surface area (TPSA) is 50.4 Å². The van der Waals surface area contributed by atoms with E-state index in [2.05, 4.69) is 0 Å². The molecule has 0 aliphatic rings. The first-order chi connectivity index (χ1) is 10.8.